The summed E-state index contributed by atoms with van der Waals surface area (Å²) in [7, 11) is -3.53. The molecule has 1 N–H and O–H groups in total. The lowest BCUT2D eigenvalue weighted by Gasteiger charge is -2.18. The number of carbonyl (C=O) groups excluding carboxylic acids is 1. The van der Waals surface area contributed by atoms with Crippen LogP contribution >= 0.6 is 0 Å². The molecule has 3 rings (SSSR count). The summed E-state index contributed by atoms with van der Waals surface area (Å²) in [5.41, 5.74) is 2.01. The van der Waals surface area contributed by atoms with Gasteiger partial charge in [0, 0.05) is 30.3 Å². The lowest BCUT2D eigenvalue weighted by molar-refractivity contribution is 0.0830. The van der Waals surface area contributed by atoms with E-state index in [-0.39, 0.29) is 21.9 Å². The van der Waals surface area contributed by atoms with E-state index in [1.54, 1.807) is 20.8 Å². The molecule has 2 aromatic rings. The molecule has 2 heterocycles. The van der Waals surface area contributed by atoms with Crippen molar-refractivity contribution in [1.82, 2.24) is 9.78 Å². The molecule has 0 saturated carbocycles. The third kappa shape index (κ3) is 3.34. The molecule has 1 aromatic carbocycles. The lowest BCUT2D eigenvalue weighted by Crippen LogP contribution is -2.14. The van der Waals surface area contributed by atoms with Gasteiger partial charge in [-0.05, 0) is 38.5 Å². The molecule has 0 radical (unpaired) electrons. The summed E-state index contributed by atoms with van der Waals surface area (Å²) in [4.78, 5) is 18.5. The molecule has 1 aliphatic heterocycles. The van der Waals surface area contributed by atoms with Crippen molar-refractivity contribution in [2.75, 3.05) is 6.26 Å². The van der Waals surface area contributed by atoms with Crippen LogP contribution in [0.1, 0.15) is 53.4 Å². The number of nitrogens with zero attached hydrogens (tertiary/aromatic N) is 3. The molecule has 0 amide bonds. The van der Waals surface area contributed by atoms with Crippen molar-refractivity contribution < 1.29 is 23.2 Å². The van der Waals surface area contributed by atoms with Crippen LogP contribution in [0.4, 0.5) is 0 Å². The van der Waals surface area contributed by atoms with Gasteiger partial charge < -0.3 is 9.94 Å². The summed E-state index contributed by atoms with van der Waals surface area (Å²) in [6.45, 7) is 5.69. The molecule has 0 fully saturated rings. The van der Waals surface area contributed by atoms with Crippen LogP contribution in [0.3, 0.4) is 0 Å². The molecule has 0 saturated heterocycles. The third-order valence-corrected chi connectivity index (χ3v) is 5.77. The number of sulfone groups is 1. The number of rotatable bonds is 5. The fraction of sp³-hybridized carbons (Fsp3) is 0.389. The Morgan fingerprint density at radius 3 is 2.56 bits per heavy atom. The van der Waals surface area contributed by atoms with Gasteiger partial charge in [0.25, 0.3) is 0 Å². The quantitative estimate of drug-likeness (QED) is 0.784. The predicted octanol–water partition coefficient (Wildman–Crippen LogP) is 2.39. The smallest absolute Gasteiger partial charge is 0.220 e. The Kier molecular flexibility index (Phi) is 4.81. The first-order valence-corrected chi connectivity index (χ1v) is 10.4. The fourth-order valence-electron chi connectivity index (χ4n) is 3.24. The van der Waals surface area contributed by atoms with Crippen molar-refractivity contribution in [3.8, 4) is 5.88 Å². The van der Waals surface area contributed by atoms with Crippen LogP contribution in [0.25, 0.3) is 0 Å². The SMILES string of the molecule is CCn1ncc(C(=O)c2ccc(S(C)(=O)=O)c(C3CC(C)=NO3)c2C)c1O. The summed E-state index contributed by atoms with van der Waals surface area (Å²) in [6.07, 6.45) is 2.30. The van der Waals surface area contributed by atoms with E-state index >= 15 is 0 Å². The van der Waals surface area contributed by atoms with Crippen LogP contribution in [0.15, 0.2) is 28.4 Å². The van der Waals surface area contributed by atoms with Crippen LogP contribution in [-0.4, -0.2) is 41.1 Å². The number of aryl methyl sites for hydroxylation is 1. The number of aromatic nitrogens is 2. The molecule has 144 valence electrons. The molecule has 1 unspecified atom stereocenters. The van der Waals surface area contributed by atoms with Gasteiger partial charge in [-0.3, -0.25) is 4.79 Å². The number of benzene rings is 1. The van der Waals surface area contributed by atoms with E-state index < -0.39 is 21.7 Å². The van der Waals surface area contributed by atoms with Crippen molar-refractivity contribution in [2.24, 2.45) is 5.16 Å². The Labute approximate surface area is 157 Å². The second-order valence-corrected chi connectivity index (χ2v) is 8.56. The van der Waals surface area contributed by atoms with Crippen molar-refractivity contribution in [3.63, 3.8) is 0 Å². The average Bonchev–Trinajstić information content (AvgIpc) is 3.18. The maximum absolute atomic E-state index is 13.0. The minimum absolute atomic E-state index is 0.0674. The molecule has 1 aromatic heterocycles. The number of ketones is 1. The number of hydrogen-bond donors (Lipinski definition) is 1. The molecule has 0 aliphatic carbocycles. The summed E-state index contributed by atoms with van der Waals surface area (Å²) in [5, 5.41) is 18.1. The van der Waals surface area contributed by atoms with Gasteiger partial charge in [-0.1, -0.05) is 5.16 Å². The van der Waals surface area contributed by atoms with E-state index in [2.05, 4.69) is 10.3 Å². The van der Waals surface area contributed by atoms with E-state index in [0.29, 0.717) is 24.1 Å². The third-order valence-electron chi connectivity index (χ3n) is 4.61. The van der Waals surface area contributed by atoms with Crippen molar-refractivity contribution in [2.45, 2.75) is 44.7 Å². The highest BCUT2D eigenvalue weighted by atomic mass is 32.2. The summed E-state index contributed by atoms with van der Waals surface area (Å²) < 4.78 is 25.8. The number of oxime groups is 1. The zero-order chi connectivity index (χ0) is 19.9. The zero-order valence-electron chi connectivity index (χ0n) is 15.6. The maximum Gasteiger partial charge on any atom is 0.220 e. The van der Waals surface area contributed by atoms with E-state index in [1.807, 2.05) is 0 Å². The highest BCUT2D eigenvalue weighted by molar-refractivity contribution is 7.90. The maximum atomic E-state index is 13.0. The van der Waals surface area contributed by atoms with E-state index in [4.69, 9.17) is 4.84 Å². The fourth-order valence-corrected chi connectivity index (χ4v) is 4.24. The molecule has 0 bridgehead atoms. The normalized spacial score (nSPS) is 16.9. The Morgan fingerprint density at radius 1 is 1.33 bits per heavy atom. The first-order valence-electron chi connectivity index (χ1n) is 8.47. The van der Waals surface area contributed by atoms with Crippen molar-refractivity contribution >= 4 is 21.3 Å². The van der Waals surface area contributed by atoms with Gasteiger partial charge in [-0.25, -0.2) is 13.1 Å². The number of carbonyl (C=O) groups is 1. The molecule has 1 aliphatic rings. The Balaban J connectivity index is 2.15. The summed E-state index contributed by atoms with van der Waals surface area (Å²) in [5.74, 6) is -0.645. The molecule has 1 atom stereocenters. The van der Waals surface area contributed by atoms with E-state index in [9.17, 15) is 18.3 Å². The Hall–Kier alpha value is -2.68. The van der Waals surface area contributed by atoms with Crippen LogP contribution in [0.2, 0.25) is 0 Å². The van der Waals surface area contributed by atoms with E-state index in [0.717, 1.165) is 12.0 Å². The molecular formula is C18H21N3O5S. The van der Waals surface area contributed by atoms with Gasteiger partial charge in [0.1, 0.15) is 5.56 Å². The standard InChI is InChI=1S/C18H21N3O5S/c1-5-21-18(23)13(9-19-21)17(22)12-6-7-15(27(4,24)25)16(11(12)3)14-8-10(2)20-26-14/h6-7,9,14,23H,5,8H2,1-4H3. The monoisotopic (exact) mass is 391 g/mol. The molecule has 8 nitrogen and oxygen atoms in total. The van der Waals surface area contributed by atoms with Crippen LogP contribution in [-0.2, 0) is 21.2 Å². The van der Waals surface area contributed by atoms with Crippen LogP contribution < -0.4 is 0 Å². The van der Waals surface area contributed by atoms with Crippen molar-refractivity contribution in [3.05, 3.63) is 40.6 Å². The van der Waals surface area contributed by atoms with Crippen LogP contribution in [0.5, 0.6) is 5.88 Å². The Bertz CT molecular complexity index is 1050. The number of aromatic hydroxyl groups is 1. The van der Waals surface area contributed by atoms with Gasteiger partial charge >= 0.3 is 0 Å². The summed E-state index contributed by atoms with van der Waals surface area (Å²) in [6, 6.07) is 2.87. The second-order valence-electron chi connectivity index (χ2n) is 6.57. The topological polar surface area (TPSA) is 111 Å². The first kappa shape index (κ1) is 19.1. The van der Waals surface area contributed by atoms with Crippen LogP contribution in [0, 0.1) is 6.92 Å². The van der Waals surface area contributed by atoms with Gasteiger partial charge in [0.15, 0.2) is 21.7 Å². The highest BCUT2D eigenvalue weighted by Gasteiger charge is 2.31. The zero-order valence-corrected chi connectivity index (χ0v) is 16.4. The summed E-state index contributed by atoms with van der Waals surface area (Å²) >= 11 is 0. The molecule has 0 spiro atoms. The predicted molar refractivity (Wildman–Crippen MR) is 98.8 cm³/mol. The van der Waals surface area contributed by atoms with Gasteiger partial charge in [0.2, 0.25) is 5.88 Å². The number of hydrogen-bond acceptors (Lipinski definition) is 7. The second kappa shape index (κ2) is 6.80. The van der Waals surface area contributed by atoms with E-state index in [1.165, 1.54) is 23.0 Å². The minimum atomic E-state index is -3.53. The Morgan fingerprint density at radius 2 is 2.04 bits per heavy atom. The van der Waals surface area contributed by atoms with Gasteiger partial charge in [0.05, 0.1) is 16.8 Å². The minimum Gasteiger partial charge on any atom is -0.493 e. The van der Waals surface area contributed by atoms with Gasteiger partial charge in [-0.15, -0.1) is 0 Å². The first-order chi connectivity index (χ1) is 12.6. The van der Waals surface area contributed by atoms with Gasteiger partial charge in [-0.2, -0.15) is 5.10 Å². The molecule has 9 heteroatoms. The molecular weight excluding hydrogens is 370 g/mol. The highest BCUT2D eigenvalue weighted by Crippen LogP contribution is 2.36. The molecule has 27 heavy (non-hydrogen) atoms. The largest absolute Gasteiger partial charge is 0.493 e. The average molecular weight is 391 g/mol. The lowest BCUT2D eigenvalue weighted by atomic mass is 9.92. The van der Waals surface area contributed by atoms with Crippen molar-refractivity contribution in [1.29, 1.82) is 0 Å².